The number of anilines is 1. The smallest absolute Gasteiger partial charge is 0.274 e. The molecule has 1 aliphatic heterocycles. The first-order valence-electron chi connectivity index (χ1n) is 10.7. The summed E-state index contributed by atoms with van der Waals surface area (Å²) in [6.45, 7) is 1.47. The van der Waals surface area contributed by atoms with E-state index < -0.39 is 0 Å². The number of aromatic nitrogens is 3. The highest BCUT2D eigenvalue weighted by Crippen LogP contribution is 2.33. The standard InChI is InChI=1S/C22H26N6O2S/c1-26(2)15-8-11-27(12-9-15)21(30)18-16-5-3-4-10-28(16)19(24-18)17-13-23-22(31-17)25-20(29)14-6-7-14/h3-5,10,13-15H,6-9,11-12H2,1-2H3,(H,23,25,29). The van der Waals surface area contributed by atoms with Gasteiger partial charge in [0.2, 0.25) is 5.91 Å². The second kappa shape index (κ2) is 8.05. The van der Waals surface area contributed by atoms with Crippen LogP contribution in [-0.4, -0.2) is 69.2 Å². The number of thiazole rings is 1. The number of hydrogen-bond acceptors (Lipinski definition) is 6. The van der Waals surface area contributed by atoms with Crippen LogP contribution in [0.1, 0.15) is 36.2 Å². The zero-order chi connectivity index (χ0) is 21.5. The lowest BCUT2D eigenvalue weighted by molar-refractivity contribution is -0.117. The van der Waals surface area contributed by atoms with Crippen molar-refractivity contribution < 1.29 is 9.59 Å². The van der Waals surface area contributed by atoms with E-state index in [2.05, 4.69) is 29.3 Å². The highest BCUT2D eigenvalue weighted by atomic mass is 32.1. The van der Waals surface area contributed by atoms with E-state index in [-0.39, 0.29) is 17.7 Å². The second-order valence-electron chi connectivity index (χ2n) is 8.52. The summed E-state index contributed by atoms with van der Waals surface area (Å²) < 4.78 is 1.93. The number of amides is 2. The lowest BCUT2D eigenvalue weighted by Crippen LogP contribution is -2.44. The molecular weight excluding hydrogens is 412 g/mol. The maximum atomic E-state index is 13.3. The Kier molecular flexibility index (Phi) is 5.23. The highest BCUT2D eigenvalue weighted by Gasteiger charge is 2.31. The first-order chi connectivity index (χ1) is 15.0. The average molecular weight is 439 g/mol. The molecule has 0 atom stereocenters. The molecule has 0 spiro atoms. The van der Waals surface area contributed by atoms with Gasteiger partial charge in [-0.3, -0.25) is 14.0 Å². The van der Waals surface area contributed by atoms with E-state index >= 15 is 0 Å². The maximum absolute atomic E-state index is 13.3. The van der Waals surface area contributed by atoms with E-state index in [1.165, 1.54) is 11.3 Å². The lowest BCUT2D eigenvalue weighted by atomic mass is 10.0. The van der Waals surface area contributed by atoms with Gasteiger partial charge >= 0.3 is 0 Å². The van der Waals surface area contributed by atoms with Crippen LogP contribution in [0.4, 0.5) is 5.13 Å². The minimum Gasteiger partial charge on any atom is -0.337 e. The zero-order valence-electron chi connectivity index (χ0n) is 17.7. The molecule has 1 N–H and O–H groups in total. The monoisotopic (exact) mass is 438 g/mol. The Morgan fingerprint density at radius 2 is 1.94 bits per heavy atom. The Balaban J connectivity index is 1.42. The Morgan fingerprint density at radius 1 is 1.16 bits per heavy atom. The van der Waals surface area contributed by atoms with Crippen molar-refractivity contribution in [1.82, 2.24) is 24.2 Å². The first kappa shape index (κ1) is 20.1. The molecule has 9 heteroatoms. The third kappa shape index (κ3) is 3.95. The normalized spacial score (nSPS) is 17.5. The number of likely N-dealkylation sites (tertiary alicyclic amines) is 1. The topological polar surface area (TPSA) is 82.8 Å². The van der Waals surface area contributed by atoms with Gasteiger partial charge in [0.1, 0.15) is 0 Å². The molecule has 1 aliphatic carbocycles. The SMILES string of the molecule is CN(C)C1CCN(C(=O)c2nc(-c3cnc(NC(=O)C4CC4)s3)n3ccccc23)CC1. The molecule has 0 unspecified atom stereocenters. The van der Waals surface area contributed by atoms with Crippen LogP contribution in [0.5, 0.6) is 0 Å². The molecule has 0 bridgehead atoms. The van der Waals surface area contributed by atoms with Crippen molar-refractivity contribution in [3.63, 3.8) is 0 Å². The molecule has 8 nitrogen and oxygen atoms in total. The molecular formula is C22H26N6O2S. The van der Waals surface area contributed by atoms with Gasteiger partial charge in [-0.25, -0.2) is 9.97 Å². The number of carbonyl (C=O) groups is 2. The van der Waals surface area contributed by atoms with Crippen LogP contribution in [0, 0.1) is 5.92 Å². The molecule has 1 saturated heterocycles. The third-order valence-electron chi connectivity index (χ3n) is 6.14. The number of pyridine rings is 1. The van der Waals surface area contributed by atoms with Crippen molar-refractivity contribution in [1.29, 1.82) is 0 Å². The largest absolute Gasteiger partial charge is 0.337 e. The summed E-state index contributed by atoms with van der Waals surface area (Å²) in [6.07, 6.45) is 7.46. The summed E-state index contributed by atoms with van der Waals surface area (Å²) in [6, 6.07) is 6.28. The molecule has 2 fully saturated rings. The minimum atomic E-state index is -0.0288. The van der Waals surface area contributed by atoms with E-state index in [1.807, 2.05) is 33.7 Å². The number of carbonyl (C=O) groups excluding carboxylic acids is 2. The van der Waals surface area contributed by atoms with Gasteiger partial charge in [-0.05, 0) is 51.9 Å². The van der Waals surface area contributed by atoms with E-state index in [1.54, 1.807) is 6.20 Å². The van der Waals surface area contributed by atoms with Crippen LogP contribution in [0.3, 0.4) is 0 Å². The van der Waals surface area contributed by atoms with E-state index in [9.17, 15) is 9.59 Å². The molecule has 0 aromatic carbocycles. The Labute approximate surface area is 184 Å². The Bertz CT molecular complexity index is 1120. The summed E-state index contributed by atoms with van der Waals surface area (Å²) in [5, 5.41) is 3.46. The average Bonchev–Trinajstić information content (AvgIpc) is 3.43. The summed E-state index contributed by atoms with van der Waals surface area (Å²) in [5.41, 5.74) is 1.25. The van der Waals surface area contributed by atoms with Crippen LogP contribution in [-0.2, 0) is 4.79 Å². The minimum absolute atomic E-state index is 0.0288. The van der Waals surface area contributed by atoms with Gasteiger partial charge in [-0.2, -0.15) is 0 Å². The summed E-state index contributed by atoms with van der Waals surface area (Å²) in [5.74, 6) is 0.803. The van der Waals surface area contributed by atoms with Crippen molar-refractivity contribution in [3.8, 4) is 10.7 Å². The Hall–Kier alpha value is -2.78. The molecule has 2 amide bonds. The van der Waals surface area contributed by atoms with E-state index in [0.717, 1.165) is 49.2 Å². The number of nitrogens with one attached hydrogen (secondary N) is 1. The fourth-order valence-electron chi connectivity index (χ4n) is 4.09. The van der Waals surface area contributed by atoms with Gasteiger partial charge in [-0.1, -0.05) is 17.4 Å². The molecule has 3 aromatic rings. The van der Waals surface area contributed by atoms with Gasteiger partial charge < -0.3 is 15.1 Å². The molecule has 5 rings (SSSR count). The van der Waals surface area contributed by atoms with Crippen LogP contribution < -0.4 is 5.32 Å². The maximum Gasteiger partial charge on any atom is 0.274 e. The number of hydrogen-bond donors (Lipinski definition) is 1. The van der Waals surface area contributed by atoms with Crippen molar-refractivity contribution in [3.05, 3.63) is 36.3 Å². The van der Waals surface area contributed by atoms with Crippen LogP contribution in [0.2, 0.25) is 0 Å². The van der Waals surface area contributed by atoms with Crippen molar-refractivity contribution in [2.75, 3.05) is 32.5 Å². The molecule has 3 aromatic heterocycles. The number of rotatable bonds is 5. The number of imidazole rings is 1. The van der Waals surface area contributed by atoms with Crippen molar-refractivity contribution >= 4 is 33.8 Å². The fraction of sp³-hybridized carbons (Fsp3) is 0.455. The van der Waals surface area contributed by atoms with E-state index in [4.69, 9.17) is 4.98 Å². The van der Waals surface area contributed by atoms with Crippen LogP contribution in [0.25, 0.3) is 16.2 Å². The molecule has 0 radical (unpaired) electrons. The molecule has 1 saturated carbocycles. The number of fused-ring (bicyclic) bond motifs is 1. The molecule has 162 valence electrons. The van der Waals surface area contributed by atoms with Gasteiger partial charge in [0, 0.05) is 31.2 Å². The molecule has 2 aliphatic rings. The highest BCUT2D eigenvalue weighted by molar-refractivity contribution is 7.19. The van der Waals surface area contributed by atoms with Gasteiger partial charge in [0.25, 0.3) is 5.91 Å². The van der Waals surface area contributed by atoms with Crippen LogP contribution >= 0.6 is 11.3 Å². The predicted octanol–water partition coefficient (Wildman–Crippen LogP) is 2.97. The van der Waals surface area contributed by atoms with E-state index in [0.29, 0.717) is 22.7 Å². The van der Waals surface area contributed by atoms with Crippen molar-refractivity contribution in [2.24, 2.45) is 5.92 Å². The fourth-order valence-corrected chi connectivity index (χ4v) is 4.90. The third-order valence-corrected chi connectivity index (χ3v) is 7.05. The predicted molar refractivity (Wildman–Crippen MR) is 120 cm³/mol. The zero-order valence-corrected chi connectivity index (χ0v) is 18.6. The Morgan fingerprint density at radius 3 is 2.65 bits per heavy atom. The lowest BCUT2D eigenvalue weighted by Gasteiger charge is -2.34. The molecule has 31 heavy (non-hydrogen) atoms. The summed E-state index contributed by atoms with van der Waals surface area (Å²) in [4.78, 5) is 39.4. The van der Waals surface area contributed by atoms with Crippen LogP contribution in [0.15, 0.2) is 30.6 Å². The molecule has 4 heterocycles. The number of piperidine rings is 1. The van der Waals surface area contributed by atoms with Gasteiger partial charge in [0.05, 0.1) is 16.6 Å². The van der Waals surface area contributed by atoms with Crippen molar-refractivity contribution in [2.45, 2.75) is 31.7 Å². The quantitative estimate of drug-likeness (QED) is 0.662. The first-order valence-corrected chi connectivity index (χ1v) is 11.5. The second-order valence-corrected chi connectivity index (χ2v) is 9.55. The summed E-state index contributed by atoms with van der Waals surface area (Å²) >= 11 is 1.38. The van der Waals surface area contributed by atoms with Gasteiger partial charge in [0.15, 0.2) is 16.6 Å². The van der Waals surface area contributed by atoms with Gasteiger partial charge in [-0.15, -0.1) is 0 Å². The number of nitrogens with zero attached hydrogens (tertiary/aromatic N) is 5. The summed E-state index contributed by atoms with van der Waals surface area (Å²) in [7, 11) is 4.18.